The molecule has 0 aromatic heterocycles. The highest BCUT2D eigenvalue weighted by Gasteiger charge is 2.54. The summed E-state index contributed by atoms with van der Waals surface area (Å²) in [6, 6.07) is 12.8. The van der Waals surface area contributed by atoms with E-state index in [-0.39, 0.29) is 23.7 Å². The van der Waals surface area contributed by atoms with Crippen LogP contribution in [-0.4, -0.2) is 36.1 Å². The van der Waals surface area contributed by atoms with Gasteiger partial charge in [0.1, 0.15) is 0 Å². The average Bonchev–Trinajstić information content (AvgIpc) is 2.94. The molecule has 1 atom stereocenters. The average molecular weight is 513 g/mol. The van der Waals surface area contributed by atoms with Crippen LogP contribution in [0.5, 0.6) is 0 Å². The molecule has 198 valence electrons. The molecular weight excluding hydrogens is 476 g/mol. The number of hydrogen-bond acceptors (Lipinski definition) is 4. The lowest BCUT2D eigenvalue weighted by Gasteiger charge is -2.56. The van der Waals surface area contributed by atoms with Crippen LogP contribution in [0.15, 0.2) is 47.5 Å². The molecule has 4 bridgehead atoms. The van der Waals surface area contributed by atoms with E-state index in [1.807, 2.05) is 57.2 Å². The molecule has 2 aromatic rings. The largest absolute Gasteiger partial charge is 0.321 e. The van der Waals surface area contributed by atoms with Gasteiger partial charge in [-0.25, -0.2) is 4.79 Å². The van der Waals surface area contributed by atoms with Crippen molar-refractivity contribution in [2.75, 3.05) is 16.8 Å². The number of amides is 3. The summed E-state index contributed by atoms with van der Waals surface area (Å²) in [6.45, 7) is 5.77. The lowest BCUT2D eigenvalue weighted by atomic mass is 9.48. The third-order valence-corrected chi connectivity index (χ3v) is 9.20. The van der Waals surface area contributed by atoms with Gasteiger partial charge >= 0.3 is 6.03 Å². The maximum Gasteiger partial charge on any atom is 0.321 e. The Balaban J connectivity index is 1.29. The van der Waals surface area contributed by atoms with Crippen molar-refractivity contribution in [2.45, 2.75) is 65.5 Å². The molecule has 7 rings (SSSR count). The number of anilines is 2. The van der Waals surface area contributed by atoms with Crippen LogP contribution < -0.4 is 15.5 Å². The molecule has 4 saturated carbocycles. The number of rotatable bonds is 5. The van der Waals surface area contributed by atoms with E-state index in [0.717, 1.165) is 41.6 Å². The first-order valence-corrected chi connectivity index (χ1v) is 13.8. The summed E-state index contributed by atoms with van der Waals surface area (Å²) in [4.78, 5) is 47.3. The summed E-state index contributed by atoms with van der Waals surface area (Å²) in [5, 5.41) is 5.57. The molecule has 2 aromatic carbocycles. The van der Waals surface area contributed by atoms with Gasteiger partial charge in [-0.15, -0.1) is 0 Å². The van der Waals surface area contributed by atoms with Gasteiger partial charge in [0.2, 0.25) is 6.17 Å². The maximum absolute atomic E-state index is 14.1. The topological polar surface area (TPSA) is 90.9 Å². The smallest absolute Gasteiger partial charge is 0.308 e. The lowest BCUT2D eigenvalue weighted by Crippen LogP contribution is -2.55. The molecule has 7 nitrogen and oxygen atoms in total. The van der Waals surface area contributed by atoms with Crippen LogP contribution in [0.3, 0.4) is 0 Å². The van der Waals surface area contributed by atoms with E-state index < -0.39 is 12.2 Å². The van der Waals surface area contributed by atoms with E-state index in [2.05, 4.69) is 15.6 Å². The summed E-state index contributed by atoms with van der Waals surface area (Å²) in [7, 11) is 0. The standard InChI is InChI=1S/C31H36N4O3/c1-18-6-4-8-24(10-18)33-30(38)34-28-29(37)35(27-19(2)7-5-9-25(27)20(3)32-28)17-26(36)31-14-21-11-22(15-31)13-23(12-21)16-31/h4-10,21-23,28H,11-17H2,1-3H3,(H2,33,34,38)/t21?,22?,23?,28-,31?/m0/s1. The first kappa shape index (κ1) is 24.8. The molecule has 1 aliphatic heterocycles. The van der Waals surface area contributed by atoms with Crippen molar-refractivity contribution in [3.63, 3.8) is 0 Å². The minimum Gasteiger partial charge on any atom is -0.308 e. The number of aliphatic imine (C=N–C) groups is 1. The number of urea groups is 1. The Morgan fingerprint density at radius 1 is 0.974 bits per heavy atom. The second kappa shape index (κ2) is 9.37. The Bertz CT molecular complexity index is 1310. The monoisotopic (exact) mass is 512 g/mol. The molecule has 38 heavy (non-hydrogen) atoms. The summed E-state index contributed by atoms with van der Waals surface area (Å²) in [6.07, 6.45) is 5.50. The number of hydrogen-bond donors (Lipinski definition) is 2. The number of fused-ring (bicyclic) bond motifs is 1. The highest BCUT2D eigenvalue weighted by atomic mass is 16.2. The number of Topliss-reactive ketones (excluding diaryl/α,β-unsaturated/α-hetero) is 1. The van der Waals surface area contributed by atoms with Crippen molar-refractivity contribution in [3.8, 4) is 0 Å². The molecule has 4 fully saturated rings. The summed E-state index contributed by atoms with van der Waals surface area (Å²) in [5.74, 6) is 1.72. The van der Waals surface area contributed by atoms with Gasteiger partial charge in [0.25, 0.3) is 5.91 Å². The molecule has 0 saturated heterocycles. The summed E-state index contributed by atoms with van der Waals surface area (Å²) < 4.78 is 0. The molecule has 7 heteroatoms. The van der Waals surface area contributed by atoms with Gasteiger partial charge in [-0.1, -0.05) is 30.3 Å². The summed E-state index contributed by atoms with van der Waals surface area (Å²) >= 11 is 0. The minimum absolute atomic E-state index is 0.0172. The van der Waals surface area contributed by atoms with Crippen molar-refractivity contribution >= 4 is 34.8 Å². The van der Waals surface area contributed by atoms with E-state index in [9.17, 15) is 14.4 Å². The zero-order valence-corrected chi connectivity index (χ0v) is 22.4. The highest BCUT2D eigenvalue weighted by Crippen LogP contribution is 2.60. The molecule has 0 spiro atoms. The molecule has 5 aliphatic rings. The van der Waals surface area contributed by atoms with E-state index >= 15 is 0 Å². The first-order chi connectivity index (χ1) is 18.2. The Morgan fingerprint density at radius 2 is 1.63 bits per heavy atom. The Kier molecular flexibility index (Phi) is 6.12. The maximum atomic E-state index is 14.1. The van der Waals surface area contributed by atoms with E-state index in [0.29, 0.717) is 29.2 Å². The van der Waals surface area contributed by atoms with Crippen LogP contribution in [-0.2, 0) is 9.59 Å². The van der Waals surface area contributed by atoms with Crippen molar-refractivity contribution in [3.05, 3.63) is 59.2 Å². The fourth-order valence-corrected chi connectivity index (χ4v) is 7.91. The Labute approximate surface area is 224 Å². The van der Waals surface area contributed by atoms with E-state index in [4.69, 9.17) is 0 Å². The van der Waals surface area contributed by atoms with Crippen LogP contribution >= 0.6 is 0 Å². The number of aryl methyl sites for hydroxylation is 2. The van der Waals surface area contributed by atoms with Crippen molar-refractivity contribution in [1.82, 2.24) is 5.32 Å². The molecule has 0 radical (unpaired) electrons. The van der Waals surface area contributed by atoms with Gasteiger partial charge in [-0.3, -0.25) is 14.6 Å². The zero-order chi connectivity index (χ0) is 26.6. The highest BCUT2D eigenvalue weighted by molar-refractivity contribution is 6.15. The van der Waals surface area contributed by atoms with Crippen LogP contribution in [0.1, 0.15) is 62.1 Å². The number of benzodiazepines with no additional fused rings is 1. The SMILES string of the molecule is CC1=N[C@@H](NC(=O)Nc2cccc(C)c2)C(=O)N(CC(=O)C23CC4CC(CC(C4)C2)C3)c2c(C)cccc21. The normalized spacial score (nSPS) is 29.4. The third kappa shape index (κ3) is 4.42. The molecule has 1 heterocycles. The summed E-state index contributed by atoms with van der Waals surface area (Å²) in [5.41, 5.74) is 4.45. The van der Waals surface area contributed by atoms with E-state index in [1.54, 1.807) is 11.0 Å². The van der Waals surface area contributed by atoms with E-state index in [1.165, 1.54) is 19.3 Å². The number of nitrogens with zero attached hydrogens (tertiary/aromatic N) is 2. The fourth-order valence-electron chi connectivity index (χ4n) is 7.91. The first-order valence-electron chi connectivity index (χ1n) is 13.8. The van der Waals surface area contributed by atoms with Gasteiger partial charge in [0.15, 0.2) is 5.78 Å². The van der Waals surface area contributed by atoms with Gasteiger partial charge in [-0.05, 0) is 100 Å². The Hall–Kier alpha value is -3.48. The number of carbonyl (C=O) groups is 3. The second-order valence-corrected chi connectivity index (χ2v) is 12.1. The number of carbonyl (C=O) groups excluding carboxylic acids is 3. The van der Waals surface area contributed by atoms with Gasteiger partial charge < -0.3 is 15.5 Å². The lowest BCUT2D eigenvalue weighted by molar-refractivity contribution is -0.143. The van der Waals surface area contributed by atoms with Crippen molar-refractivity contribution in [2.24, 2.45) is 28.2 Å². The second-order valence-electron chi connectivity index (χ2n) is 12.1. The van der Waals surface area contributed by atoms with Gasteiger partial charge in [-0.2, -0.15) is 0 Å². The van der Waals surface area contributed by atoms with Crippen LogP contribution in [0.2, 0.25) is 0 Å². The molecule has 4 aliphatic carbocycles. The third-order valence-electron chi connectivity index (χ3n) is 9.20. The number of ketones is 1. The molecule has 0 unspecified atom stereocenters. The predicted octanol–water partition coefficient (Wildman–Crippen LogP) is 5.39. The van der Waals surface area contributed by atoms with Gasteiger partial charge in [0.05, 0.1) is 12.2 Å². The quantitative estimate of drug-likeness (QED) is 0.563. The van der Waals surface area contributed by atoms with Crippen LogP contribution in [0, 0.1) is 37.0 Å². The van der Waals surface area contributed by atoms with Crippen LogP contribution in [0.25, 0.3) is 0 Å². The molecule has 3 amide bonds. The minimum atomic E-state index is -1.13. The Morgan fingerprint density at radius 3 is 2.29 bits per heavy atom. The number of para-hydroxylation sites is 1. The van der Waals surface area contributed by atoms with Crippen LogP contribution in [0.4, 0.5) is 16.2 Å². The number of nitrogens with one attached hydrogen (secondary N) is 2. The van der Waals surface area contributed by atoms with Crippen molar-refractivity contribution < 1.29 is 14.4 Å². The number of benzene rings is 2. The molecule has 2 N–H and O–H groups in total. The van der Waals surface area contributed by atoms with Gasteiger partial charge in [0, 0.05) is 22.4 Å². The fraction of sp³-hybridized carbons (Fsp3) is 0.484. The molecular formula is C31H36N4O3. The zero-order valence-electron chi connectivity index (χ0n) is 22.4. The predicted molar refractivity (Wildman–Crippen MR) is 148 cm³/mol. The van der Waals surface area contributed by atoms with Crippen molar-refractivity contribution in [1.29, 1.82) is 0 Å².